The zero-order valence-corrected chi connectivity index (χ0v) is 19.4. The molecule has 0 fully saturated rings. The quantitative estimate of drug-likeness (QED) is 0.437. The van der Waals surface area contributed by atoms with Gasteiger partial charge < -0.3 is 9.74 Å². The second-order valence-electron chi connectivity index (χ2n) is 7.96. The Hall–Kier alpha value is -2.25. The van der Waals surface area contributed by atoms with Crippen molar-refractivity contribution in [3.8, 4) is 0 Å². The lowest BCUT2D eigenvalue weighted by Gasteiger charge is -2.30. The first-order valence-corrected chi connectivity index (χ1v) is 10.8. The second kappa shape index (κ2) is 9.32. The molecule has 0 radical (unpaired) electrons. The van der Waals surface area contributed by atoms with E-state index in [9.17, 15) is 18.0 Å². The molecule has 0 N–H and O–H groups in total. The fraction of sp³-hybridized carbons (Fsp3) is 0.391. The predicted molar refractivity (Wildman–Crippen MR) is 121 cm³/mol. The van der Waals surface area contributed by atoms with Crippen molar-refractivity contribution in [2.45, 2.75) is 44.9 Å². The van der Waals surface area contributed by atoms with E-state index in [1.165, 1.54) is 12.1 Å². The Morgan fingerprint density at radius 3 is 2.56 bits per heavy atom. The van der Waals surface area contributed by atoms with E-state index in [4.69, 9.17) is 28.0 Å². The molecule has 4 nitrogen and oxygen atoms in total. The summed E-state index contributed by atoms with van der Waals surface area (Å²) in [5.74, 6) is 0.0467. The molecule has 1 aliphatic heterocycles. The average Bonchev–Trinajstić information content (AvgIpc) is 3.14. The van der Waals surface area contributed by atoms with Crippen molar-refractivity contribution >= 4 is 40.4 Å². The normalized spacial score (nSPS) is 18.3. The Labute approximate surface area is 194 Å². The molecule has 1 heterocycles. The molecule has 0 spiro atoms. The van der Waals surface area contributed by atoms with Crippen molar-refractivity contribution in [3.63, 3.8) is 0 Å². The number of nitrogens with zero attached hydrogens (tertiary/aromatic N) is 2. The minimum atomic E-state index is -4.73. The van der Waals surface area contributed by atoms with Crippen molar-refractivity contribution in [2.24, 2.45) is 5.16 Å². The van der Waals surface area contributed by atoms with Crippen LogP contribution in [0.5, 0.6) is 0 Å². The van der Waals surface area contributed by atoms with Gasteiger partial charge >= 0.3 is 6.18 Å². The van der Waals surface area contributed by atoms with Crippen LogP contribution >= 0.6 is 23.2 Å². The minimum Gasteiger partial charge on any atom is -0.374 e. The Kier molecular flexibility index (Phi) is 7.10. The van der Waals surface area contributed by atoms with Crippen LogP contribution in [-0.2, 0) is 15.2 Å². The van der Waals surface area contributed by atoms with Gasteiger partial charge in [0.2, 0.25) is 0 Å². The highest BCUT2D eigenvalue weighted by Gasteiger charge is 2.62. The third-order valence-corrected chi connectivity index (χ3v) is 5.87. The zero-order valence-electron chi connectivity index (χ0n) is 17.9. The molecular weight excluding hydrogens is 464 g/mol. The smallest absolute Gasteiger partial charge is 0.374 e. The molecule has 1 atom stereocenters. The van der Waals surface area contributed by atoms with Gasteiger partial charge in [-0.1, -0.05) is 47.4 Å². The molecule has 0 amide bonds. The van der Waals surface area contributed by atoms with E-state index in [-0.39, 0.29) is 28.6 Å². The standard InChI is InChI=1S/C23H23Cl2F3N2O2/c1-4-5-18(31)13-30(3)21-10-15(6-7-19(21)25)20-12-22(32-29-20,23(26,27)28)16-8-14(2)9-17(24)11-16/h6-11H,4-5,12-13H2,1-3H3. The second-order valence-corrected chi connectivity index (χ2v) is 8.80. The molecule has 2 aromatic carbocycles. The Morgan fingerprint density at radius 1 is 1.22 bits per heavy atom. The SMILES string of the molecule is CCCC(=O)CN(C)c1cc(C2=NOC(c3cc(C)cc(Cl)c3)(C(F)(F)F)C2)ccc1Cl. The number of hydrogen-bond donors (Lipinski definition) is 0. The fourth-order valence-electron chi connectivity index (χ4n) is 3.72. The summed E-state index contributed by atoms with van der Waals surface area (Å²) in [5.41, 5.74) is -1.07. The van der Waals surface area contributed by atoms with E-state index in [1.54, 1.807) is 43.1 Å². The van der Waals surface area contributed by atoms with Crippen LogP contribution in [0.15, 0.2) is 41.6 Å². The Balaban J connectivity index is 1.94. The molecule has 0 saturated heterocycles. The van der Waals surface area contributed by atoms with Crippen LogP contribution in [0, 0.1) is 6.92 Å². The average molecular weight is 487 g/mol. The van der Waals surface area contributed by atoms with Gasteiger partial charge in [0.25, 0.3) is 5.60 Å². The first kappa shape index (κ1) is 24.4. The first-order chi connectivity index (χ1) is 15.0. The molecule has 2 aromatic rings. The van der Waals surface area contributed by atoms with Crippen LogP contribution in [0.25, 0.3) is 0 Å². The summed E-state index contributed by atoms with van der Waals surface area (Å²) in [7, 11) is 1.71. The lowest BCUT2D eigenvalue weighted by atomic mass is 9.86. The van der Waals surface area contributed by atoms with Crippen LogP contribution in [0.2, 0.25) is 10.0 Å². The predicted octanol–water partition coefficient (Wildman–Crippen LogP) is 6.69. The number of ketones is 1. The van der Waals surface area contributed by atoms with Gasteiger partial charge in [0, 0.05) is 36.0 Å². The lowest BCUT2D eigenvalue weighted by Crippen LogP contribution is -2.42. The van der Waals surface area contributed by atoms with Gasteiger partial charge in [-0.2, -0.15) is 13.2 Å². The number of rotatable bonds is 7. The maximum Gasteiger partial charge on any atom is 0.435 e. The molecule has 0 aromatic heterocycles. The zero-order chi connectivity index (χ0) is 23.7. The molecule has 9 heteroatoms. The lowest BCUT2D eigenvalue weighted by molar-refractivity contribution is -0.275. The number of aryl methyl sites for hydroxylation is 1. The summed E-state index contributed by atoms with van der Waals surface area (Å²) in [5, 5.41) is 4.38. The molecule has 1 aliphatic rings. The third kappa shape index (κ3) is 4.89. The summed E-state index contributed by atoms with van der Waals surface area (Å²) in [6.45, 7) is 3.73. The van der Waals surface area contributed by atoms with Crippen molar-refractivity contribution in [3.05, 3.63) is 63.1 Å². The molecule has 1 unspecified atom stereocenters. The van der Waals surface area contributed by atoms with Gasteiger partial charge in [0.05, 0.1) is 23.0 Å². The number of Topliss-reactive ketones (excluding diaryl/α,β-unsaturated/α-hetero) is 1. The van der Waals surface area contributed by atoms with E-state index >= 15 is 0 Å². The van der Waals surface area contributed by atoms with Crippen molar-refractivity contribution in [1.29, 1.82) is 0 Å². The van der Waals surface area contributed by atoms with Crippen molar-refractivity contribution in [2.75, 3.05) is 18.5 Å². The van der Waals surface area contributed by atoms with Gasteiger partial charge in [-0.15, -0.1) is 0 Å². The number of hydrogen-bond acceptors (Lipinski definition) is 4. The number of alkyl halides is 3. The van der Waals surface area contributed by atoms with Crippen molar-refractivity contribution in [1.82, 2.24) is 0 Å². The minimum absolute atomic E-state index is 0.0467. The molecule has 172 valence electrons. The number of anilines is 1. The number of halogens is 5. The van der Waals surface area contributed by atoms with E-state index < -0.39 is 18.2 Å². The number of carbonyl (C=O) groups is 1. The largest absolute Gasteiger partial charge is 0.435 e. The summed E-state index contributed by atoms with van der Waals surface area (Å²) >= 11 is 12.3. The molecule has 0 bridgehead atoms. The molecule has 32 heavy (non-hydrogen) atoms. The van der Waals surface area contributed by atoms with Crippen LogP contribution in [0.1, 0.15) is 42.9 Å². The van der Waals surface area contributed by atoms with E-state index in [0.717, 1.165) is 6.42 Å². The van der Waals surface area contributed by atoms with E-state index in [0.29, 0.717) is 28.3 Å². The highest BCUT2D eigenvalue weighted by Crippen LogP contribution is 2.49. The monoisotopic (exact) mass is 486 g/mol. The summed E-state index contributed by atoms with van der Waals surface area (Å²) in [6, 6.07) is 9.02. The highest BCUT2D eigenvalue weighted by molar-refractivity contribution is 6.33. The van der Waals surface area contributed by atoms with Gasteiger partial charge in [-0.25, -0.2) is 0 Å². The van der Waals surface area contributed by atoms with E-state index in [2.05, 4.69) is 5.16 Å². The molecule has 3 rings (SSSR count). The maximum absolute atomic E-state index is 14.2. The number of benzene rings is 2. The number of likely N-dealkylation sites (N-methyl/N-ethyl adjacent to an activating group) is 1. The first-order valence-electron chi connectivity index (χ1n) is 10.1. The highest BCUT2D eigenvalue weighted by atomic mass is 35.5. The summed E-state index contributed by atoms with van der Waals surface area (Å²) < 4.78 is 42.7. The maximum atomic E-state index is 14.2. The summed E-state index contributed by atoms with van der Waals surface area (Å²) in [6.07, 6.45) is -4.07. The fourth-order valence-corrected chi connectivity index (χ4v) is 4.27. The van der Waals surface area contributed by atoms with Crippen LogP contribution < -0.4 is 4.90 Å². The number of oxime groups is 1. The summed E-state index contributed by atoms with van der Waals surface area (Å²) in [4.78, 5) is 18.8. The van der Waals surface area contributed by atoms with Gasteiger partial charge in [0.1, 0.15) is 0 Å². The van der Waals surface area contributed by atoms with Crippen LogP contribution in [-0.4, -0.2) is 31.3 Å². The van der Waals surface area contributed by atoms with E-state index in [1.807, 2.05) is 6.92 Å². The molecule has 0 aliphatic carbocycles. The van der Waals surface area contributed by atoms with Crippen molar-refractivity contribution < 1.29 is 22.8 Å². The van der Waals surface area contributed by atoms with Gasteiger partial charge in [0.15, 0.2) is 5.78 Å². The molecule has 0 saturated carbocycles. The molecular formula is C23H23Cl2F3N2O2. The van der Waals surface area contributed by atoms with Gasteiger partial charge in [-0.3, -0.25) is 4.79 Å². The van der Waals surface area contributed by atoms with Crippen LogP contribution in [0.4, 0.5) is 18.9 Å². The Morgan fingerprint density at radius 2 is 1.94 bits per heavy atom. The third-order valence-electron chi connectivity index (χ3n) is 5.33. The van der Waals surface area contributed by atoms with Gasteiger partial charge in [-0.05, 0) is 43.2 Å². The topological polar surface area (TPSA) is 41.9 Å². The Bertz CT molecular complexity index is 1040. The van der Waals surface area contributed by atoms with Crippen LogP contribution in [0.3, 0.4) is 0 Å². The number of carbonyl (C=O) groups excluding carboxylic acids is 1.